The maximum Gasteiger partial charge on any atom is 0.259 e. The number of hydrogen-bond donors (Lipinski definition) is 2. The van der Waals surface area contributed by atoms with Gasteiger partial charge in [0.2, 0.25) is 0 Å². The molecule has 4 rings (SSSR count). The van der Waals surface area contributed by atoms with Crippen LogP contribution in [-0.2, 0) is 4.79 Å². The minimum atomic E-state index is -0.268. The summed E-state index contributed by atoms with van der Waals surface area (Å²) in [5, 5.41) is 13.9. The summed E-state index contributed by atoms with van der Waals surface area (Å²) in [7, 11) is 1.59. The second kappa shape index (κ2) is 9.73. The van der Waals surface area contributed by atoms with Crippen LogP contribution in [0.25, 0.3) is 16.3 Å². The number of nitrogens with one attached hydrogen (secondary N) is 2. The fourth-order valence-corrected chi connectivity index (χ4v) is 3.71. The van der Waals surface area contributed by atoms with Gasteiger partial charge in [0.05, 0.1) is 36.1 Å². The molecule has 0 unspecified atom stereocenters. The number of anilines is 1. The molecule has 0 aliphatic heterocycles. The van der Waals surface area contributed by atoms with Crippen LogP contribution in [0.5, 0.6) is 5.75 Å². The maximum atomic E-state index is 12.2. The molecule has 0 radical (unpaired) electrons. The zero-order valence-corrected chi connectivity index (χ0v) is 17.7. The second-order valence-electron chi connectivity index (χ2n) is 6.54. The van der Waals surface area contributed by atoms with E-state index < -0.39 is 0 Å². The van der Waals surface area contributed by atoms with Crippen molar-refractivity contribution >= 4 is 29.1 Å². The van der Waals surface area contributed by atoms with E-state index in [0.29, 0.717) is 5.75 Å². The van der Waals surface area contributed by atoms with Crippen LogP contribution in [-0.4, -0.2) is 35.6 Å². The summed E-state index contributed by atoms with van der Waals surface area (Å²) < 4.78 is 7.08. The molecular weight excluding hydrogens is 410 g/mol. The minimum Gasteiger partial charge on any atom is -0.495 e. The first-order chi connectivity index (χ1) is 15.2. The number of benzene rings is 2. The van der Waals surface area contributed by atoms with Crippen molar-refractivity contribution < 1.29 is 9.53 Å². The molecule has 0 saturated heterocycles. The molecule has 2 aromatic heterocycles. The van der Waals surface area contributed by atoms with Gasteiger partial charge in [-0.15, -0.1) is 11.3 Å². The average molecular weight is 432 g/mol. The van der Waals surface area contributed by atoms with Gasteiger partial charge in [-0.3, -0.25) is 4.79 Å². The molecule has 0 saturated carbocycles. The van der Waals surface area contributed by atoms with Gasteiger partial charge in [0, 0.05) is 11.8 Å². The Morgan fingerprint density at radius 2 is 1.94 bits per heavy atom. The van der Waals surface area contributed by atoms with Crippen LogP contribution in [0.3, 0.4) is 0 Å². The molecule has 8 heteroatoms. The summed E-state index contributed by atoms with van der Waals surface area (Å²) >= 11 is 1.60. The number of nitrogens with zero attached hydrogens (tertiary/aromatic N) is 3. The highest BCUT2D eigenvalue weighted by Gasteiger charge is 2.12. The lowest BCUT2D eigenvalue weighted by Crippen LogP contribution is -2.26. The third-order valence-corrected chi connectivity index (χ3v) is 5.33. The first-order valence-electron chi connectivity index (χ1n) is 9.62. The fourth-order valence-electron chi connectivity index (χ4n) is 2.98. The van der Waals surface area contributed by atoms with E-state index >= 15 is 0 Å². The minimum absolute atomic E-state index is 0.0682. The fraction of sp³-hybridized carbons (Fsp3) is 0.0870. The van der Waals surface area contributed by atoms with Crippen molar-refractivity contribution in [3.63, 3.8) is 0 Å². The van der Waals surface area contributed by atoms with E-state index in [1.165, 1.54) is 0 Å². The highest BCUT2D eigenvalue weighted by Crippen LogP contribution is 2.27. The van der Waals surface area contributed by atoms with Crippen LogP contribution >= 0.6 is 11.3 Å². The normalized spacial score (nSPS) is 10.9. The standard InChI is InChI=1S/C23H21N5O2S/c1-30-20-11-6-5-10-19(20)24-15-22(29)26-25-14-17-16-28(18-8-3-2-4-9-18)27-23(17)21-12-7-13-31-21/h2-14,16,24H,15H2,1H3,(H,26,29). The Balaban J connectivity index is 1.45. The summed E-state index contributed by atoms with van der Waals surface area (Å²) in [6, 6.07) is 21.3. The lowest BCUT2D eigenvalue weighted by atomic mass is 10.2. The van der Waals surface area contributed by atoms with E-state index in [2.05, 4.69) is 15.8 Å². The first-order valence-corrected chi connectivity index (χ1v) is 10.5. The Kier molecular flexibility index (Phi) is 6.39. The highest BCUT2D eigenvalue weighted by molar-refractivity contribution is 7.13. The molecule has 0 spiro atoms. The quantitative estimate of drug-likeness (QED) is 0.324. The van der Waals surface area contributed by atoms with Gasteiger partial charge in [0.1, 0.15) is 11.4 Å². The molecule has 2 N–H and O–H groups in total. The van der Waals surface area contributed by atoms with E-state index in [0.717, 1.165) is 27.5 Å². The van der Waals surface area contributed by atoms with E-state index in [-0.39, 0.29) is 12.5 Å². The van der Waals surface area contributed by atoms with Crippen LogP contribution in [0, 0.1) is 0 Å². The van der Waals surface area contributed by atoms with Crippen molar-refractivity contribution in [2.75, 3.05) is 19.0 Å². The SMILES string of the molecule is COc1ccccc1NCC(=O)NN=Cc1cn(-c2ccccc2)nc1-c1cccs1. The molecule has 1 amide bonds. The molecule has 0 atom stereocenters. The van der Waals surface area contributed by atoms with E-state index in [1.54, 1.807) is 24.7 Å². The summed E-state index contributed by atoms with van der Waals surface area (Å²) in [5.41, 5.74) is 5.87. The smallest absolute Gasteiger partial charge is 0.259 e. The number of thiophene rings is 1. The van der Waals surface area contributed by atoms with Gasteiger partial charge in [-0.1, -0.05) is 36.4 Å². The predicted octanol–water partition coefficient (Wildman–Crippen LogP) is 4.17. The van der Waals surface area contributed by atoms with Crippen molar-refractivity contribution in [2.24, 2.45) is 5.10 Å². The summed E-state index contributed by atoms with van der Waals surface area (Å²) in [6.07, 6.45) is 3.51. The zero-order valence-electron chi connectivity index (χ0n) is 16.9. The summed E-state index contributed by atoms with van der Waals surface area (Å²) in [5.74, 6) is 0.406. The zero-order chi connectivity index (χ0) is 21.5. The van der Waals surface area contributed by atoms with Gasteiger partial charge in [-0.05, 0) is 35.7 Å². The molecule has 31 heavy (non-hydrogen) atoms. The molecule has 7 nitrogen and oxygen atoms in total. The number of aromatic nitrogens is 2. The topological polar surface area (TPSA) is 80.5 Å². The van der Waals surface area contributed by atoms with Gasteiger partial charge in [0.25, 0.3) is 5.91 Å². The number of hydrogen-bond acceptors (Lipinski definition) is 6. The summed E-state index contributed by atoms with van der Waals surface area (Å²) in [6.45, 7) is 0.0682. The Morgan fingerprint density at radius 1 is 1.13 bits per heavy atom. The Bertz CT molecular complexity index is 1170. The number of carbonyl (C=O) groups excluding carboxylic acids is 1. The van der Waals surface area contributed by atoms with Gasteiger partial charge < -0.3 is 10.1 Å². The first kappa shape index (κ1) is 20.4. The highest BCUT2D eigenvalue weighted by atomic mass is 32.1. The molecule has 0 fully saturated rings. The Morgan fingerprint density at radius 3 is 2.71 bits per heavy atom. The van der Waals surface area contributed by atoms with Crippen molar-refractivity contribution in [1.29, 1.82) is 0 Å². The Hall–Kier alpha value is -3.91. The summed E-state index contributed by atoms with van der Waals surface area (Å²) in [4.78, 5) is 13.2. The number of hydrazone groups is 1. The molecular formula is C23H21N5O2S. The number of carbonyl (C=O) groups is 1. The third kappa shape index (κ3) is 4.99. The number of para-hydroxylation sites is 3. The van der Waals surface area contributed by atoms with Crippen LogP contribution in [0.2, 0.25) is 0 Å². The van der Waals surface area contributed by atoms with Crippen molar-refractivity contribution in [1.82, 2.24) is 15.2 Å². The second-order valence-corrected chi connectivity index (χ2v) is 7.49. The average Bonchev–Trinajstić information content (AvgIpc) is 3.48. The van der Waals surface area contributed by atoms with Crippen molar-refractivity contribution in [2.45, 2.75) is 0 Å². The molecule has 2 heterocycles. The van der Waals surface area contributed by atoms with Crippen LogP contribution in [0.1, 0.15) is 5.56 Å². The molecule has 0 bridgehead atoms. The number of amides is 1. The number of methoxy groups -OCH3 is 1. The largest absolute Gasteiger partial charge is 0.495 e. The van der Waals surface area contributed by atoms with Crippen LogP contribution in [0.15, 0.2) is 83.4 Å². The predicted molar refractivity (Wildman–Crippen MR) is 124 cm³/mol. The van der Waals surface area contributed by atoms with Gasteiger partial charge in [0.15, 0.2) is 0 Å². The van der Waals surface area contributed by atoms with Gasteiger partial charge in [-0.2, -0.15) is 10.2 Å². The molecule has 4 aromatic rings. The third-order valence-electron chi connectivity index (χ3n) is 4.46. The number of rotatable bonds is 8. The van der Waals surface area contributed by atoms with E-state index in [4.69, 9.17) is 9.84 Å². The molecule has 2 aromatic carbocycles. The van der Waals surface area contributed by atoms with Crippen LogP contribution in [0.4, 0.5) is 5.69 Å². The Labute approximate surface area is 184 Å². The lowest BCUT2D eigenvalue weighted by molar-refractivity contribution is -0.119. The van der Waals surface area contributed by atoms with E-state index in [1.807, 2.05) is 83.0 Å². The molecule has 0 aliphatic carbocycles. The van der Waals surface area contributed by atoms with Crippen molar-refractivity contribution in [3.8, 4) is 22.0 Å². The number of ether oxygens (including phenoxy) is 1. The van der Waals surface area contributed by atoms with E-state index in [9.17, 15) is 4.79 Å². The monoisotopic (exact) mass is 431 g/mol. The maximum absolute atomic E-state index is 12.2. The van der Waals surface area contributed by atoms with Gasteiger partial charge >= 0.3 is 0 Å². The van der Waals surface area contributed by atoms with Gasteiger partial charge in [-0.25, -0.2) is 10.1 Å². The molecule has 0 aliphatic rings. The van der Waals surface area contributed by atoms with Crippen LogP contribution < -0.4 is 15.5 Å². The van der Waals surface area contributed by atoms with Crippen molar-refractivity contribution in [3.05, 3.63) is 83.9 Å². The lowest BCUT2D eigenvalue weighted by Gasteiger charge is -2.09. The molecule has 156 valence electrons.